The van der Waals surface area contributed by atoms with E-state index in [9.17, 15) is 0 Å². The van der Waals surface area contributed by atoms with Crippen molar-refractivity contribution in [2.75, 3.05) is 6.26 Å². The van der Waals surface area contributed by atoms with Crippen LogP contribution in [0.4, 0.5) is 0 Å². The minimum atomic E-state index is 1.09. The van der Waals surface area contributed by atoms with Crippen LogP contribution in [0.25, 0.3) is 12.2 Å². The van der Waals surface area contributed by atoms with Gasteiger partial charge < -0.3 is 0 Å². The lowest BCUT2D eigenvalue weighted by Gasteiger charge is -1.99. The van der Waals surface area contributed by atoms with Crippen molar-refractivity contribution in [3.63, 3.8) is 0 Å². The first-order valence-corrected chi connectivity index (χ1v) is 7.45. The van der Waals surface area contributed by atoms with E-state index in [2.05, 4.69) is 73.9 Å². The molecular weight excluding hydrogens is 236 g/mol. The second-order valence-electron chi connectivity index (χ2n) is 4.21. The van der Waals surface area contributed by atoms with Crippen molar-refractivity contribution in [2.45, 2.75) is 18.2 Å². The molecule has 0 unspecified atom stereocenters. The summed E-state index contributed by atoms with van der Waals surface area (Å²) in [6.07, 6.45) is 7.53. The summed E-state index contributed by atoms with van der Waals surface area (Å²) in [7, 11) is 0. The van der Waals surface area contributed by atoms with Gasteiger partial charge >= 0.3 is 0 Å². The van der Waals surface area contributed by atoms with E-state index >= 15 is 0 Å². The summed E-state index contributed by atoms with van der Waals surface area (Å²) in [5.74, 6) is 0. The van der Waals surface area contributed by atoms with Crippen LogP contribution in [0, 0.1) is 0 Å². The minimum absolute atomic E-state index is 1.09. The van der Waals surface area contributed by atoms with Crippen LogP contribution in [-0.4, -0.2) is 6.26 Å². The van der Waals surface area contributed by atoms with Crippen LogP contribution in [0.5, 0.6) is 0 Å². The molecule has 0 N–H and O–H groups in total. The van der Waals surface area contributed by atoms with E-state index in [0.29, 0.717) is 0 Å². The van der Waals surface area contributed by atoms with E-state index in [4.69, 9.17) is 0 Å². The summed E-state index contributed by atoms with van der Waals surface area (Å²) in [5, 5.41) is 0. The topological polar surface area (TPSA) is 0 Å². The van der Waals surface area contributed by atoms with Gasteiger partial charge in [0.1, 0.15) is 0 Å². The fraction of sp³-hybridized carbons (Fsp3) is 0.176. The number of aryl methyl sites for hydroxylation is 1. The Kier molecular flexibility index (Phi) is 4.66. The van der Waals surface area contributed by atoms with Gasteiger partial charge in [0.25, 0.3) is 0 Å². The zero-order chi connectivity index (χ0) is 12.8. The molecule has 2 aromatic rings. The summed E-state index contributed by atoms with van der Waals surface area (Å²) in [5.41, 5.74) is 3.90. The van der Waals surface area contributed by atoms with Gasteiger partial charge in [0.05, 0.1) is 0 Å². The third-order valence-electron chi connectivity index (χ3n) is 2.94. The van der Waals surface area contributed by atoms with Gasteiger partial charge in [-0.05, 0) is 41.5 Å². The first kappa shape index (κ1) is 13.0. The third-order valence-corrected chi connectivity index (χ3v) is 3.69. The third kappa shape index (κ3) is 3.51. The van der Waals surface area contributed by atoms with Gasteiger partial charge in [0, 0.05) is 4.90 Å². The highest BCUT2D eigenvalue weighted by Crippen LogP contribution is 2.16. The summed E-state index contributed by atoms with van der Waals surface area (Å²) >= 11 is 1.77. The zero-order valence-electron chi connectivity index (χ0n) is 10.9. The van der Waals surface area contributed by atoms with Gasteiger partial charge in [0.2, 0.25) is 0 Å². The molecule has 0 heterocycles. The number of thioether (sulfide) groups is 1. The Balaban J connectivity index is 2.13. The molecule has 0 aliphatic heterocycles. The molecule has 0 saturated heterocycles. The second kappa shape index (κ2) is 6.46. The predicted octanol–water partition coefficient (Wildman–Crippen LogP) is 5.14. The maximum absolute atomic E-state index is 2.24. The number of hydrogen-bond acceptors (Lipinski definition) is 1. The molecule has 0 nitrogen and oxygen atoms in total. The second-order valence-corrected chi connectivity index (χ2v) is 5.08. The normalized spacial score (nSPS) is 11.0. The molecule has 0 radical (unpaired) electrons. The zero-order valence-corrected chi connectivity index (χ0v) is 11.7. The van der Waals surface area contributed by atoms with E-state index < -0.39 is 0 Å². The molecular formula is C17H18S. The van der Waals surface area contributed by atoms with Crippen LogP contribution in [0.2, 0.25) is 0 Å². The highest BCUT2D eigenvalue weighted by molar-refractivity contribution is 7.98. The Hall–Kier alpha value is -1.47. The molecule has 0 fully saturated rings. The van der Waals surface area contributed by atoms with Gasteiger partial charge in [-0.1, -0.05) is 55.5 Å². The van der Waals surface area contributed by atoms with Crippen LogP contribution in [0.15, 0.2) is 53.4 Å². The molecule has 0 saturated carbocycles. The van der Waals surface area contributed by atoms with Crippen molar-refractivity contribution in [3.8, 4) is 0 Å². The monoisotopic (exact) mass is 254 g/mol. The van der Waals surface area contributed by atoms with Crippen LogP contribution in [0.1, 0.15) is 23.6 Å². The Labute approximate surface area is 114 Å². The van der Waals surface area contributed by atoms with E-state index in [1.165, 1.54) is 21.6 Å². The SMILES string of the molecule is CCc1cccc(/C=C/c2ccc(SC)cc2)c1. The highest BCUT2D eigenvalue weighted by atomic mass is 32.2. The van der Waals surface area contributed by atoms with E-state index in [0.717, 1.165) is 6.42 Å². The summed E-state index contributed by atoms with van der Waals surface area (Å²) in [6, 6.07) is 17.3. The maximum atomic E-state index is 2.24. The Morgan fingerprint density at radius 3 is 2.33 bits per heavy atom. The summed E-state index contributed by atoms with van der Waals surface area (Å²) in [6.45, 7) is 2.18. The van der Waals surface area contributed by atoms with Crippen molar-refractivity contribution in [1.29, 1.82) is 0 Å². The molecule has 2 aromatic carbocycles. The van der Waals surface area contributed by atoms with E-state index in [-0.39, 0.29) is 0 Å². The Morgan fingerprint density at radius 2 is 1.67 bits per heavy atom. The Bertz CT molecular complexity index is 524. The van der Waals surface area contributed by atoms with Crippen molar-refractivity contribution >= 4 is 23.9 Å². The van der Waals surface area contributed by atoms with E-state index in [1.807, 2.05) is 0 Å². The van der Waals surface area contributed by atoms with Gasteiger partial charge in [-0.3, -0.25) is 0 Å². The van der Waals surface area contributed by atoms with Crippen molar-refractivity contribution in [1.82, 2.24) is 0 Å². The molecule has 2 rings (SSSR count). The molecule has 0 atom stereocenters. The average Bonchev–Trinajstić information content (AvgIpc) is 2.46. The molecule has 0 amide bonds. The number of benzene rings is 2. The van der Waals surface area contributed by atoms with Gasteiger partial charge in [0.15, 0.2) is 0 Å². The molecule has 0 aromatic heterocycles. The average molecular weight is 254 g/mol. The molecule has 0 spiro atoms. The largest absolute Gasteiger partial charge is 0.130 e. The van der Waals surface area contributed by atoms with Crippen LogP contribution >= 0.6 is 11.8 Å². The fourth-order valence-corrected chi connectivity index (χ4v) is 2.23. The first-order valence-electron chi connectivity index (χ1n) is 6.23. The van der Waals surface area contributed by atoms with Gasteiger partial charge in [-0.2, -0.15) is 0 Å². The molecule has 0 aliphatic carbocycles. The van der Waals surface area contributed by atoms with Crippen molar-refractivity contribution < 1.29 is 0 Å². The summed E-state index contributed by atoms with van der Waals surface area (Å²) < 4.78 is 0. The van der Waals surface area contributed by atoms with Gasteiger partial charge in [-0.25, -0.2) is 0 Å². The minimum Gasteiger partial charge on any atom is -0.130 e. The smallest absolute Gasteiger partial charge is 0.00695 e. The molecule has 0 aliphatic rings. The number of rotatable bonds is 4. The Morgan fingerprint density at radius 1 is 0.944 bits per heavy atom. The summed E-state index contributed by atoms with van der Waals surface area (Å²) in [4.78, 5) is 1.31. The molecule has 92 valence electrons. The van der Waals surface area contributed by atoms with Crippen LogP contribution in [-0.2, 0) is 6.42 Å². The first-order chi connectivity index (χ1) is 8.81. The number of hydrogen-bond donors (Lipinski definition) is 0. The standard InChI is InChI=1S/C17H18S/c1-3-14-5-4-6-16(13-14)8-7-15-9-11-17(18-2)12-10-15/h4-13H,3H2,1-2H3/b8-7+. The lowest BCUT2D eigenvalue weighted by Crippen LogP contribution is -1.80. The maximum Gasteiger partial charge on any atom is 0.00695 e. The van der Waals surface area contributed by atoms with Gasteiger partial charge in [-0.15, -0.1) is 11.8 Å². The highest BCUT2D eigenvalue weighted by Gasteiger charge is 1.92. The van der Waals surface area contributed by atoms with Crippen LogP contribution in [0.3, 0.4) is 0 Å². The molecule has 18 heavy (non-hydrogen) atoms. The molecule has 0 bridgehead atoms. The predicted molar refractivity (Wildman–Crippen MR) is 83.0 cm³/mol. The van der Waals surface area contributed by atoms with Crippen molar-refractivity contribution in [3.05, 3.63) is 65.2 Å². The quantitative estimate of drug-likeness (QED) is 0.537. The molecule has 1 heteroatoms. The fourth-order valence-electron chi connectivity index (χ4n) is 1.82. The van der Waals surface area contributed by atoms with Crippen LogP contribution < -0.4 is 0 Å². The van der Waals surface area contributed by atoms with Crippen molar-refractivity contribution in [2.24, 2.45) is 0 Å². The lowest BCUT2D eigenvalue weighted by atomic mass is 10.1. The lowest BCUT2D eigenvalue weighted by molar-refractivity contribution is 1.14. The van der Waals surface area contributed by atoms with E-state index in [1.54, 1.807) is 11.8 Å².